The summed E-state index contributed by atoms with van der Waals surface area (Å²) in [5.41, 5.74) is 0.301. The van der Waals surface area contributed by atoms with Crippen LogP contribution in [0.1, 0.15) is 52.5 Å². The zero-order valence-electron chi connectivity index (χ0n) is 21.6. The first-order valence-corrected chi connectivity index (χ1v) is 14.1. The normalized spacial score (nSPS) is 26.4. The van der Waals surface area contributed by atoms with Gasteiger partial charge in [-0.25, -0.2) is 13.4 Å². The lowest BCUT2D eigenvalue weighted by Gasteiger charge is -2.35. The average molecular weight is 524 g/mol. The maximum Gasteiger partial charge on any atom is 0.494 e. The van der Waals surface area contributed by atoms with E-state index >= 15 is 0 Å². The van der Waals surface area contributed by atoms with Gasteiger partial charge in [0.15, 0.2) is 0 Å². The van der Waals surface area contributed by atoms with Crippen molar-refractivity contribution in [3.63, 3.8) is 0 Å². The first kappa shape index (κ1) is 26.1. The first-order chi connectivity index (χ1) is 17.4. The molecule has 11 heteroatoms. The van der Waals surface area contributed by atoms with E-state index < -0.39 is 39.9 Å². The molecule has 2 aliphatic heterocycles. The third kappa shape index (κ3) is 4.77. The van der Waals surface area contributed by atoms with Crippen LogP contribution >= 0.6 is 0 Å². The Bertz CT molecular complexity index is 1290. The molecule has 196 valence electrons. The second kappa shape index (κ2) is 9.07. The van der Waals surface area contributed by atoms with Gasteiger partial charge in [-0.1, -0.05) is 18.2 Å². The van der Waals surface area contributed by atoms with E-state index in [0.29, 0.717) is 12.2 Å². The highest BCUT2D eigenvalue weighted by Gasteiger charge is 2.51. The Hall–Kier alpha value is -2.49. The molecule has 0 radical (unpaired) electrons. The van der Waals surface area contributed by atoms with Gasteiger partial charge in [0.2, 0.25) is 10.0 Å². The van der Waals surface area contributed by atoms with Crippen molar-refractivity contribution in [1.29, 1.82) is 5.26 Å². The smallest absolute Gasteiger partial charge is 0.399 e. The molecule has 3 aliphatic rings. The summed E-state index contributed by atoms with van der Waals surface area (Å²) in [6.07, 6.45) is 2.94. The lowest BCUT2D eigenvalue weighted by molar-refractivity contribution is 0.00578. The predicted octanol–water partition coefficient (Wildman–Crippen LogP) is 2.17. The highest BCUT2D eigenvalue weighted by Crippen LogP contribution is 2.47. The van der Waals surface area contributed by atoms with Crippen LogP contribution < -0.4 is 10.8 Å². The summed E-state index contributed by atoms with van der Waals surface area (Å²) < 4.78 is 40.0. The fourth-order valence-electron chi connectivity index (χ4n) is 4.76. The maximum absolute atomic E-state index is 13.3. The summed E-state index contributed by atoms with van der Waals surface area (Å²) in [6.45, 7) is 8.13. The molecule has 0 spiro atoms. The number of anilines is 1. The van der Waals surface area contributed by atoms with Crippen LogP contribution in [0.3, 0.4) is 0 Å². The van der Waals surface area contributed by atoms with Crippen LogP contribution in [-0.4, -0.2) is 66.4 Å². The lowest BCUT2D eigenvalue weighted by Crippen LogP contribution is -2.51. The SMILES string of the molecule is CC1(C)OB(c2ccc(S(=O)(=O)N3CC[C@@H](Nc4ccc(C5(C#N)CC5)cn4)[C@@H](O)C3)cc2)OC1(C)C. The molecular weight excluding hydrogens is 491 g/mol. The third-order valence-electron chi connectivity index (χ3n) is 8.20. The number of nitrogens with zero attached hydrogens (tertiary/aromatic N) is 3. The zero-order chi connectivity index (χ0) is 26.6. The van der Waals surface area contributed by atoms with Gasteiger partial charge >= 0.3 is 7.12 Å². The summed E-state index contributed by atoms with van der Waals surface area (Å²) in [6, 6.07) is 12.3. The van der Waals surface area contributed by atoms with Crippen LogP contribution in [0.15, 0.2) is 47.5 Å². The molecule has 1 saturated carbocycles. The number of pyridine rings is 1. The van der Waals surface area contributed by atoms with Gasteiger partial charge in [0, 0.05) is 19.3 Å². The van der Waals surface area contributed by atoms with Crippen LogP contribution in [0.5, 0.6) is 0 Å². The molecule has 2 N–H and O–H groups in total. The molecule has 2 atom stereocenters. The molecule has 0 amide bonds. The van der Waals surface area contributed by atoms with Gasteiger partial charge in [-0.3, -0.25) is 0 Å². The number of benzene rings is 1. The quantitative estimate of drug-likeness (QED) is 0.551. The Labute approximate surface area is 219 Å². The van der Waals surface area contributed by atoms with E-state index in [0.717, 1.165) is 23.9 Å². The molecule has 37 heavy (non-hydrogen) atoms. The van der Waals surface area contributed by atoms with E-state index in [4.69, 9.17) is 9.31 Å². The zero-order valence-corrected chi connectivity index (χ0v) is 22.5. The molecule has 2 aromatic rings. The molecule has 2 saturated heterocycles. The summed E-state index contributed by atoms with van der Waals surface area (Å²) in [4.78, 5) is 4.57. The van der Waals surface area contributed by atoms with Gasteiger partial charge in [0.1, 0.15) is 5.82 Å². The summed E-state index contributed by atoms with van der Waals surface area (Å²) in [5, 5.41) is 23.3. The number of sulfonamides is 1. The molecule has 0 unspecified atom stereocenters. The molecule has 9 nitrogen and oxygen atoms in total. The van der Waals surface area contributed by atoms with E-state index in [-0.39, 0.29) is 24.0 Å². The monoisotopic (exact) mass is 524 g/mol. The van der Waals surface area contributed by atoms with Crippen molar-refractivity contribution >= 4 is 28.4 Å². The van der Waals surface area contributed by atoms with Gasteiger partial charge in [-0.05, 0) is 76.2 Å². The van der Waals surface area contributed by atoms with Crippen LogP contribution in [0.25, 0.3) is 0 Å². The van der Waals surface area contributed by atoms with E-state index in [1.54, 1.807) is 30.5 Å². The number of rotatable bonds is 6. The van der Waals surface area contributed by atoms with E-state index in [2.05, 4.69) is 16.4 Å². The van der Waals surface area contributed by atoms with Gasteiger partial charge in [0.05, 0.1) is 39.7 Å². The summed E-state index contributed by atoms with van der Waals surface area (Å²) in [5.74, 6) is 0.594. The van der Waals surface area contributed by atoms with Crippen molar-refractivity contribution in [1.82, 2.24) is 9.29 Å². The predicted molar refractivity (Wildman–Crippen MR) is 140 cm³/mol. The molecule has 0 bridgehead atoms. The molecule has 3 fully saturated rings. The molecule has 1 aliphatic carbocycles. The Morgan fingerprint density at radius 2 is 1.76 bits per heavy atom. The van der Waals surface area contributed by atoms with Crippen LogP contribution in [0.4, 0.5) is 5.82 Å². The number of piperidine rings is 1. The van der Waals surface area contributed by atoms with Crippen molar-refractivity contribution < 1.29 is 22.8 Å². The number of nitriles is 1. The standard InChI is InChI=1S/C26H33BN4O5S/c1-24(2)25(3,4)36-27(35-24)19-6-8-20(9-7-19)37(33,34)31-14-11-21(22(32)16-31)30-23-10-5-18(15-29-23)26(17-28)12-13-26/h5-10,15,21-22,32H,11-14,16H2,1-4H3,(H,29,30)/t21-,22+/m1/s1. The van der Waals surface area contributed by atoms with Gasteiger partial charge in [0.25, 0.3) is 0 Å². The van der Waals surface area contributed by atoms with Crippen molar-refractivity contribution in [2.45, 2.75) is 80.6 Å². The number of hydrogen-bond donors (Lipinski definition) is 2. The number of nitrogens with one attached hydrogen (secondary N) is 1. The first-order valence-electron chi connectivity index (χ1n) is 12.7. The summed E-state index contributed by atoms with van der Waals surface area (Å²) >= 11 is 0. The fraction of sp³-hybridized carbons (Fsp3) is 0.538. The van der Waals surface area contributed by atoms with Crippen LogP contribution in [0.2, 0.25) is 0 Å². The van der Waals surface area contributed by atoms with E-state index in [9.17, 15) is 18.8 Å². The van der Waals surface area contributed by atoms with Crippen molar-refractivity contribution in [2.24, 2.45) is 0 Å². The fourth-order valence-corrected chi connectivity index (χ4v) is 6.23. The highest BCUT2D eigenvalue weighted by atomic mass is 32.2. The number of aliphatic hydroxyl groups is 1. The minimum atomic E-state index is -3.78. The molecule has 5 rings (SSSR count). The lowest BCUT2D eigenvalue weighted by atomic mass is 9.79. The third-order valence-corrected chi connectivity index (χ3v) is 10.1. The average Bonchev–Trinajstić information content (AvgIpc) is 3.62. The minimum absolute atomic E-state index is 0.0192. The van der Waals surface area contributed by atoms with Crippen molar-refractivity contribution in [2.75, 3.05) is 18.4 Å². The second-order valence-electron chi connectivity index (χ2n) is 11.3. The largest absolute Gasteiger partial charge is 0.494 e. The van der Waals surface area contributed by atoms with Crippen LogP contribution in [-0.2, 0) is 24.7 Å². The van der Waals surface area contributed by atoms with E-state index in [1.165, 1.54) is 4.31 Å². The Morgan fingerprint density at radius 3 is 2.27 bits per heavy atom. The summed E-state index contributed by atoms with van der Waals surface area (Å²) in [7, 11) is -4.34. The number of hydrogen-bond acceptors (Lipinski definition) is 8. The topological polar surface area (TPSA) is 125 Å². The van der Waals surface area contributed by atoms with Crippen LogP contribution in [0, 0.1) is 11.3 Å². The minimum Gasteiger partial charge on any atom is -0.399 e. The number of aromatic nitrogens is 1. The maximum atomic E-state index is 13.3. The second-order valence-corrected chi connectivity index (χ2v) is 13.2. The Morgan fingerprint density at radius 1 is 1.11 bits per heavy atom. The molecule has 1 aromatic heterocycles. The molecular formula is C26H33BN4O5S. The van der Waals surface area contributed by atoms with E-state index in [1.807, 2.05) is 39.8 Å². The van der Waals surface area contributed by atoms with Gasteiger partial charge in [-0.2, -0.15) is 9.57 Å². The Balaban J connectivity index is 1.21. The van der Waals surface area contributed by atoms with Crippen molar-refractivity contribution in [3.8, 4) is 6.07 Å². The highest BCUT2D eigenvalue weighted by molar-refractivity contribution is 7.89. The number of β-amino-alcohol motifs (C(OH)–C–C–N with tert-alkyl or cyclic N) is 1. The van der Waals surface area contributed by atoms with Crippen molar-refractivity contribution in [3.05, 3.63) is 48.2 Å². The van der Waals surface area contributed by atoms with Gasteiger partial charge < -0.3 is 19.7 Å². The number of aliphatic hydroxyl groups excluding tert-OH is 1. The van der Waals surface area contributed by atoms with Gasteiger partial charge in [-0.15, -0.1) is 0 Å². The molecule has 3 heterocycles. The molecule has 1 aromatic carbocycles. The Kier molecular flexibility index (Phi) is 6.40.